The van der Waals surface area contributed by atoms with Crippen molar-refractivity contribution in [3.8, 4) is 0 Å². The fraction of sp³-hybridized carbons (Fsp3) is 0.600. The monoisotopic (exact) mass is 268 g/mol. The maximum atomic E-state index is 6.68. The Bertz CT molecular complexity index is 359. The van der Waals surface area contributed by atoms with E-state index < -0.39 is 0 Å². The first kappa shape index (κ1) is 15.5. The molecule has 2 unspecified atom stereocenters. The normalized spacial score (nSPS) is 16.6. The zero-order chi connectivity index (χ0) is 13.8. The zero-order valence-electron chi connectivity index (χ0n) is 11.9. The summed E-state index contributed by atoms with van der Waals surface area (Å²) in [5.41, 5.74) is 7.52. The number of nitrogens with zero attached hydrogens (tertiary/aromatic N) is 1. The smallest absolute Gasteiger partial charge is 0.0561 e. The number of benzene rings is 1. The average molecular weight is 269 g/mol. The highest BCUT2D eigenvalue weighted by atomic mass is 35.5. The minimum absolute atomic E-state index is 0.304. The summed E-state index contributed by atoms with van der Waals surface area (Å²) in [7, 11) is 0. The number of likely N-dealkylation sites (N-methyl/N-ethyl adjacent to an activating group) is 1. The van der Waals surface area contributed by atoms with Crippen molar-refractivity contribution in [3.63, 3.8) is 0 Å². The Morgan fingerprint density at radius 2 is 1.67 bits per heavy atom. The third-order valence-corrected chi connectivity index (χ3v) is 4.32. The molecule has 1 aromatic rings. The first-order valence-electron chi connectivity index (χ1n) is 6.78. The summed E-state index contributed by atoms with van der Waals surface area (Å²) in [4.78, 5) is 2.40. The van der Waals surface area contributed by atoms with E-state index in [2.05, 4.69) is 32.6 Å². The summed E-state index contributed by atoms with van der Waals surface area (Å²) in [6.45, 7) is 10.8. The first-order chi connectivity index (χ1) is 8.49. The molecule has 0 heterocycles. The van der Waals surface area contributed by atoms with Crippen molar-refractivity contribution < 1.29 is 0 Å². The molecule has 1 rings (SSSR count). The Kier molecular flexibility index (Phi) is 5.64. The highest BCUT2D eigenvalue weighted by molar-refractivity contribution is 6.30. The minimum Gasteiger partial charge on any atom is -0.320 e. The largest absolute Gasteiger partial charge is 0.320 e. The number of nitrogens with two attached hydrogens (primary N) is 1. The van der Waals surface area contributed by atoms with Crippen LogP contribution in [0.4, 0.5) is 0 Å². The lowest BCUT2D eigenvalue weighted by molar-refractivity contribution is 0.140. The van der Waals surface area contributed by atoms with E-state index in [1.54, 1.807) is 0 Å². The molecule has 0 amide bonds. The van der Waals surface area contributed by atoms with Gasteiger partial charge in [-0.1, -0.05) is 44.5 Å². The van der Waals surface area contributed by atoms with Gasteiger partial charge >= 0.3 is 0 Å². The van der Waals surface area contributed by atoms with Crippen LogP contribution in [0.5, 0.6) is 0 Å². The van der Waals surface area contributed by atoms with Gasteiger partial charge in [0.2, 0.25) is 0 Å². The molecule has 0 aromatic heterocycles. The molecule has 2 atom stereocenters. The number of halogens is 1. The van der Waals surface area contributed by atoms with Gasteiger partial charge in [-0.2, -0.15) is 0 Å². The van der Waals surface area contributed by atoms with E-state index in [4.69, 9.17) is 17.3 Å². The van der Waals surface area contributed by atoms with Gasteiger partial charge in [0.25, 0.3) is 0 Å². The van der Waals surface area contributed by atoms with Crippen LogP contribution in [0.15, 0.2) is 24.3 Å². The highest BCUT2D eigenvalue weighted by Gasteiger charge is 2.34. The molecule has 0 bridgehead atoms. The van der Waals surface area contributed by atoms with Crippen molar-refractivity contribution in [1.29, 1.82) is 0 Å². The number of hydrogen-bond acceptors (Lipinski definition) is 2. The summed E-state index contributed by atoms with van der Waals surface area (Å²) in [6, 6.07) is 8.24. The maximum absolute atomic E-state index is 6.68. The Morgan fingerprint density at radius 3 is 2.06 bits per heavy atom. The van der Waals surface area contributed by atoms with Gasteiger partial charge in [-0.05, 0) is 44.1 Å². The summed E-state index contributed by atoms with van der Waals surface area (Å²) in [6.07, 6.45) is 0.909. The van der Waals surface area contributed by atoms with Crippen molar-refractivity contribution in [2.24, 2.45) is 5.73 Å². The van der Waals surface area contributed by atoms with Gasteiger partial charge < -0.3 is 5.73 Å². The van der Waals surface area contributed by atoms with E-state index in [0.717, 1.165) is 30.1 Å². The average Bonchev–Trinajstić information content (AvgIpc) is 2.40. The summed E-state index contributed by atoms with van der Waals surface area (Å²) < 4.78 is 0. The first-order valence-corrected chi connectivity index (χ1v) is 7.16. The van der Waals surface area contributed by atoms with Gasteiger partial charge in [-0.25, -0.2) is 0 Å². The lowest BCUT2D eigenvalue weighted by Gasteiger charge is -2.41. The van der Waals surface area contributed by atoms with Crippen molar-refractivity contribution in [2.75, 3.05) is 13.1 Å². The van der Waals surface area contributed by atoms with Gasteiger partial charge in [0, 0.05) is 11.1 Å². The Hall–Kier alpha value is -0.570. The minimum atomic E-state index is -0.323. The molecule has 2 nitrogen and oxygen atoms in total. The maximum Gasteiger partial charge on any atom is 0.0561 e. The van der Waals surface area contributed by atoms with E-state index in [1.165, 1.54) is 0 Å². The lowest BCUT2D eigenvalue weighted by atomic mass is 9.81. The third-order valence-electron chi connectivity index (χ3n) is 4.07. The van der Waals surface area contributed by atoms with E-state index in [-0.39, 0.29) is 5.54 Å². The molecule has 102 valence electrons. The van der Waals surface area contributed by atoms with Crippen molar-refractivity contribution in [1.82, 2.24) is 4.90 Å². The van der Waals surface area contributed by atoms with Crippen molar-refractivity contribution >= 4 is 11.6 Å². The molecule has 0 radical (unpaired) electrons. The Morgan fingerprint density at radius 1 is 1.17 bits per heavy atom. The van der Waals surface area contributed by atoms with Gasteiger partial charge in [0.1, 0.15) is 0 Å². The lowest BCUT2D eigenvalue weighted by Crippen LogP contribution is -2.54. The fourth-order valence-electron chi connectivity index (χ4n) is 2.60. The molecule has 0 saturated carbocycles. The van der Waals surface area contributed by atoms with Crippen LogP contribution in [-0.4, -0.2) is 24.0 Å². The van der Waals surface area contributed by atoms with Gasteiger partial charge in [-0.15, -0.1) is 0 Å². The number of hydrogen-bond donors (Lipinski definition) is 1. The second-order valence-corrected chi connectivity index (χ2v) is 5.23. The summed E-state index contributed by atoms with van der Waals surface area (Å²) >= 11 is 5.95. The third kappa shape index (κ3) is 3.05. The van der Waals surface area contributed by atoms with Gasteiger partial charge in [-0.3, -0.25) is 4.90 Å². The van der Waals surface area contributed by atoms with E-state index in [1.807, 2.05) is 24.3 Å². The second-order valence-electron chi connectivity index (χ2n) is 4.80. The van der Waals surface area contributed by atoms with E-state index in [9.17, 15) is 0 Å². The number of rotatable bonds is 6. The summed E-state index contributed by atoms with van der Waals surface area (Å²) in [5.74, 6) is 0. The van der Waals surface area contributed by atoms with E-state index >= 15 is 0 Å². The van der Waals surface area contributed by atoms with Crippen LogP contribution in [0, 0.1) is 0 Å². The summed E-state index contributed by atoms with van der Waals surface area (Å²) in [5, 5.41) is 0.757. The molecule has 0 aliphatic rings. The molecule has 3 heteroatoms. The standard InChI is InChI=1S/C15H25ClN2/c1-5-15(17,12(4)18(6-2)7-3)13-8-10-14(16)11-9-13/h8-12H,5-7,17H2,1-4H3. The predicted molar refractivity (Wildman–Crippen MR) is 80.0 cm³/mol. The van der Waals surface area contributed by atoms with Crippen LogP contribution in [-0.2, 0) is 5.54 Å². The quantitative estimate of drug-likeness (QED) is 0.854. The molecule has 2 N–H and O–H groups in total. The van der Waals surface area contributed by atoms with Crippen LogP contribution in [0.25, 0.3) is 0 Å². The van der Waals surface area contributed by atoms with Crippen LogP contribution in [0.3, 0.4) is 0 Å². The molecule has 0 fully saturated rings. The second kappa shape index (κ2) is 6.55. The fourth-order valence-corrected chi connectivity index (χ4v) is 2.72. The Labute approximate surface area is 116 Å². The topological polar surface area (TPSA) is 29.3 Å². The van der Waals surface area contributed by atoms with Crippen LogP contribution >= 0.6 is 11.6 Å². The van der Waals surface area contributed by atoms with Gasteiger partial charge in [0.15, 0.2) is 0 Å². The van der Waals surface area contributed by atoms with Crippen molar-refractivity contribution in [3.05, 3.63) is 34.9 Å². The zero-order valence-corrected chi connectivity index (χ0v) is 12.7. The Balaban J connectivity index is 3.07. The van der Waals surface area contributed by atoms with Crippen LogP contribution in [0.2, 0.25) is 5.02 Å². The molecular formula is C15H25ClN2. The van der Waals surface area contributed by atoms with E-state index in [0.29, 0.717) is 6.04 Å². The molecular weight excluding hydrogens is 244 g/mol. The van der Waals surface area contributed by atoms with Gasteiger partial charge in [0.05, 0.1) is 5.54 Å². The van der Waals surface area contributed by atoms with Crippen LogP contribution in [0.1, 0.15) is 39.7 Å². The highest BCUT2D eigenvalue weighted by Crippen LogP contribution is 2.30. The molecule has 0 aliphatic carbocycles. The SMILES string of the molecule is CCN(CC)C(C)C(N)(CC)c1ccc(Cl)cc1. The molecule has 0 spiro atoms. The van der Waals surface area contributed by atoms with Crippen molar-refractivity contribution in [2.45, 2.75) is 45.7 Å². The molecule has 1 aromatic carbocycles. The molecule has 0 saturated heterocycles. The molecule has 0 aliphatic heterocycles. The van der Waals surface area contributed by atoms with Crippen LogP contribution < -0.4 is 5.73 Å². The predicted octanol–water partition coefficient (Wildman–Crippen LogP) is 3.63. The molecule has 18 heavy (non-hydrogen) atoms.